The molecule has 0 atom stereocenters. The zero-order valence-corrected chi connectivity index (χ0v) is 15.9. The van der Waals surface area contributed by atoms with Crippen LogP contribution in [-0.2, 0) is 0 Å². The van der Waals surface area contributed by atoms with Gasteiger partial charge in [-0.25, -0.2) is 0 Å². The smallest absolute Gasteiger partial charge is 0.0531 e. The summed E-state index contributed by atoms with van der Waals surface area (Å²) in [4.78, 5) is 4.89. The maximum absolute atomic E-state index is 8.86. The van der Waals surface area contributed by atoms with E-state index < -0.39 is 0 Å². The molecule has 0 aromatic rings. The molecule has 2 aliphatic carbocycles. The van der Waals surface area contributed by atoms with Crippen molar-refractivity contribution in [2.24, 2.45) is 0 Å². The molecule has 0 aliphatic heterocycles. The standard InChI is InChI=1S/C18H23Br2NO/c19-17-9-5-7-15(17)13-21(11-3-1-2-4-12-22)14-16-8-6-10-18(16)20/h5-10,22H,1-4,11-14H2. The second-order valence-electron chi connectivity index (χ2n) is 5.65. The molecule has 0 spiro atoms. The molecule has 0 aromatic heterocycles. The summed E-state index contributed by atoms with van der Waals surface area (Å²) in [6.07, 6.45) is 17.2. The lowest BCUT2D eigenvalue weighted by atomic mass is 10.0. The fourth-order valence-corrected chi connectivity index (χ4v) is 3.44. The average molecular weight is 429 g/mol. The minimum absolute atomic E-state index is 0.310. The van der Waals surface area contributed by atoms with Gasteiger partial charge in [-0.15, -0.1) is 0 Å². The van der Waals surface area contributed by atoms with E-state index in [1.165, 1.54) is 34.3 Å². The minimum atomic E-state index is 0.310. The summed E-state index contributed by atoms with van der Waals surface area (Å²) in [6, 6.07) is 0. The van der Waals surface area contributed by atoms with Crippen LogP contribution < -0.4 is 0 Å². The molecule has 2 fully saturated rings. The predicted octanol–water partition coefficient (Wildman–Crippen LogP) is 4.10. The van der Waals surface area contributed by atoms with Gasteiger partial charge >= 0.3 is 0 Å². The Morgan fingerprint density at radius 2 is 1.32 bits per heavy atom. The van der Waals surface area contributed by atoms with Crippen LogP contribution in [0.2, 0.25) is 0 Å². The summed E-state index contributed by atoms with van der Waals surface area (Å²) in [7, 11) is 0. The molecule has 2 aliphatic rings. The molecule has 2 rings (SSSR count). The molecule has 2 saturated carbocycles. The third kappa shape index (κ3) is 6.41. The van der Waals surface area contributed by atoms with E-state index in [-0.39, 0.29) is 0 Å². The van der Waals surface area contributed by atoms with Crippen LogP contribution in [0.4, 0.5) is 0 Å². The van der Waals surface area contributed by atoms with Gasteiger partial charge in [-0.05, 0) is 57.9 Å². The highest BCUT2D eigenvalue weighted by Gasteiger charge is 2.32. The summed E-state index contributed by atoms with van der Waals surface area (Å²) in [5.41, 5.74) is 0. The van der Waals surface area contributed by atoms with Crippen LogP contribution in [0.3, 0.4) is 0 Å². The van der Waals surface area contributed by atoms with Gasteiger partial charge in [-0.2, -0.15) is 0 Å². The molecular formula is C18H23Br2NO. The van der Waals surface area contributed by atoms with Crippen LogP contribution in [0.25, 0.3) is 0 Å². The number of hydrogen-bond donors (Lipinski definition) is 1. The molecule has 22 heavy (non-hydrogen) atoms. The first-order valence-electron chi connectivity index (χ1n) is 7.84. The van der Waals surface area contributed by atoms with Crippen LogP contribution in [0, 0.1) is 60.0 Å². The molecule has 0 unspecified atom stereocenters. The molecule has 0 aromatic carbocycles. The number of rotatable bonds is 10. The van der Waals surface area contributed by atoms with E-state index in [4.69, 9.17) is 5.11 Å². The number of hydrogen-bond acceptors (Lipinski definition) is 2. The number of halogens is 2. The van der Waals surface area contributed by atoms with Gasteiger partial charge in [-0.1, -0.05) is 44.7 Å². The van der Waals surface area contributed by atoms with Crippen molar-refractivity contribution in [3.8, 4) is 0 Å². The molecule has 0 amide bonds. The number of unbranched alkanes of at least 4 members (excludes halogenated alkanes) is 3. The lowest BCUT2D eigenvalue weighted by Crippen LogP contribution is -2.34. The Morgan fingerprint density at radius 1 is 0.773 bits per heavy atom. The quantitative estimate of drug-likeness (QED) is 0.529. The van der Waals surface area contributed by atoms with Gasteiger partial charge < -0.3 is 10.0 Å². The summed E-state index contributed by atoms with van der Waals surface area (Å²) < 4.78 is 0. The van der Waals surface area contributed by atoms with Gasteiger partial charge in [0.05, 0.1) is 9.65 Å². The minimum Gasteiger partial charge on any atom is -0.396 e. The first-order chi connectivity index (χ1) is 10.7. The van der Waals surface area contributed by atoms with E-state index in [9.17, 15) is 0 Å². The van der Waals surface area contributed by atoms with Crippen LogP contribution >= 0.6 is 31.9 Å². The zero-order valence-electron chi connectivity index (χ0n) is 12.8. The van der Waals surface area contributed by atoms with Crippen LogP contribution in [-0.4, -0.2) is 36.2 Å². The maximum Gasteiger partial charge on any atom is 0.0531 e. The Balaban J connectivity index is 1.77. The molecule has 1 N–H and O–H groups in total. The highest BCUT2D eigenvalue weighted by atomic mass is 79.9. The second-order valence-corrected chi connectivity index (χ2v) is 7.36. The van der Waals surface area contributed by atoms with Crippen LogP contribution in [0.15, 0.2) is 0 Å². The molecule has 10 radical (unpaired) electrons. The van der Waals surface area contributed by atoms with Gasteiger partial charge in [-0.3, -0.25) is 0 Å². The normalized spacial score (nSPS) is 22.4. The Labute approximate surface area is 153 Å². The van der Waals surface area contributed by atoms with Gasteiger partial charge in [0.25, 0.3) is 0 Å². The lowest BCUT2D eigenvalue weighted by Gasteiger charge is -2.29. The summed E-state index contributed by atoms with van der Waals surface area (Å²) in [6.45, 7) is 3.32. The van der Waals surface area contributed by atoms with Crippen molar-refractivity contribution in [2.75, 3.05) is 26.2 Å². The summed E-state index contributed by atoms with van der Waals surface area (Å²) >= 11 is 7.25. The van der Waals surface area contributed by atoms with Crippen LogP contribution in [0.5, 0.6) is 0 Å². The summed E-state index contributed by atoms with van der Waals surface area (Å²) in [5, 5.41) is 8.86. The predicted molar refractivity (Wildman–Crippen MR) is 98.6 cm³/mol. The molecule has 0 saturated heterocycles. The van der Waals surface area contributed by atoms with Crippen molar-refractivity contribution < 1.29 is 5.11 Å². The maximum atomic E-state index is 8.86. The average Bonchev–Trinajstić information content (AvgIpc) is 3.08. The summed E-state index contributed by atoms with van der Waals surface area (Å²) in [5.74, 6) is 2.69. The Kier molecular flexibility index (Phi) is 9.33. The molecule has 4 heteroatoms. The van der Waals surface area contributed by atoms with Crippen LogP contribution in [0.1, 0.15) is 25.7 Å². The van der Waals surface area contributed by atoms with Crippen molar-refractivity contribution >= 4 is 31.9 Å². The SMILES string of the molecule is OCCCCCCN(C[C]1[CH][CH][CH][C]1Br)C[C]1[CH][CH][CH][C]1Br. The number of aliphatic hydroxyl groups excluding tert-OH is 1. The van der Waals surface area contributed by atoms with E-state index >= 15 is 0 Å². The van der Waals surface area contributed by atoms with Crippen molar-refractivity contribution in [1.82, 2.24) is 4.90 Å². The zero-order chi connectivity index (χ0) is 15.8. The fourth-order valence-electron chi connectivity index (χ4n) is 2.62. The second kappa shape index (κ2) is 10.7. The third-order valence-electron chi connectivity index (χ3n) is 3.86. The monoisotopic (exact) mass is 427 g/mol. The van der Waals surface area contributed by atoms with E-state index in [2.05, 4.69) is 75.3 Å². The molecule has 120 valence electrons. The largest absolute Gasteiger partial charge is 0.396 e. The van der Waals surface area contributed by atoms with Gasteiger partial charge in [0.2, 0.25) is 0 Å². The Morgan fingerprint density at radius 3 is 1.77 bits per heavy atom. The van der Waals surface area contributed by atoms with E-state index in [0.29, 0.717) is 6.61 Å². The van der Waals surface area contributed by atoms with E-state index in [0.717, 1.165) is 32.5 Å². The number of nitrogens with zero attached hydrogens (tertiary/aromatic N) is 1. The first kappa shape index (κ1) is 19.2. The van der Waals surface area contributed by atoms with Gasteiger partial charge in [0, 0.05) is 31.5 Å². The van der Waals surface area contributed by atoms with Crippen molar-refractivity contribution in [1.29, 1.82) is 0 Å². The fraction of sp³-hybridized carbons (Fsp3) is 0.444. The molecule has 0 bridgehead atoms. The van der Waals surface area contributed by atoms with Crippen molar-refractivity contribution in [3.05, 3.63) is 60.0 Å². The van der Waals surface area contributed by atoms with Crippen molar-refractivity contribution in [3.63, 3.8) is 0 Å². The molecule has 2 nitrogen and oxygen atoms in total. The topological polar surface area (TPSA) is 23.5 Å². The van der Waals surface area contributed by atoms with Gasteiger partial charge in [0.1, 0.15) is 0 Å². The highest BCUT2D eigenvalue weighted by Crippen LogP contribution is 2.41. The Bertz CT molecular complexity index is 281. The van der Waals surface area contributed by atoms with E-state index in [1.807, 2.05) is 0 Å². The Hall–Kier alpha value is 0.880. The van der Waals surface area contributed by atoms with Crippen molar-refractivity contribution in [2.45, 2.75) is 25.7 Å². The van der Waals surface area contributed by atoms with E-state index in [1.54, 1.807) is 0 Å². The molecular weight excluding hydrogens is 406 g/mol. The van der Waals surface area contributed by atoms with Gasteiger partial charge in [0.15, 0.2) is 0 Å². The highest BCUT2D eigenvalue weighted by molar-refractivity contribution is 9.11. The number of aliphatic hydroxyl groups is 1. The first-order valence-corrected chi connectivity index (χ1v) is 9.42. The third-order valence-corrected chi connectivity index (χ3v) is 5.41. The molecule has 0 heterocycles. The lowest BCUT2D eigenvalue weighted by molar-refractivity contribution is 0.273.